The van der Waals surface area contributed by atoms with Gasteiger partial charge < -0.3 is 8.98 Å². The van der Waals surface area contributed by atoms with Gasteiger partial charge in [-0.15, -0.1) is 0 Å². The van der Waals surface area contributed by atoms with Gasteiger partial charge in [0.2, 0.25) is 5.71 Å². The Morgan fingerprint density at radius 1 is 0.348 bits per heavy atom. The lowest BCUT2D eigenvalue weighted by Gasteiger charge is -2.12. The molecule has 0 saturated carbocycles. The van der Waals surface area contributed by atoms with Crippen molar-refractivity contribution in [2.45, 2.75) is 0 Å². The van der Waals surface area contributed by atoms with Crippen LogP contribution in [0, 0.1) is 0 Å². The van der Waals surface area contributed by atoms with Gasteiger partial charge in [0.05, 0.1) is 16.4 Å². The fourth-order valence-electron chi connectivity index (χ4n) is 9.08. The molecule has 13 rings (SSSR count). The van der Waals surface area contributed by atoms with Crippen LogP contribution in [0.15, 0.2) is 217 Å². The Kier molecular flexibility index (Phi) is 8.67. The smallest absolute Gasteiger partial charge is 0.229 e. The second-order valence-electron chi connectivity index (χ2n) is 16.3. The molecule has 8 heteroatoms. The number of para-hydroxylation sites is 2. The minimum atomic E-state index is 0.508. The van der Waals surface area contributed by atoms with Crippen LogP contribution in [0.2, 0.25) is 0 Å². The zero-order chi connectivity index (χ0) is 43.6. The second kappa shape index (κ2) is 15.3. The van der Waals surface area contributed by atoms with Crippen molar-refractivity contribution in [1.82, 2.24) is 34.5 Å². The lowest BCUT2D eigenvalue weighted by atomic mass is 10.0. The number of nitrogens with zero attached hydrogens (tertiary/aromatic N) is 7. The van der Waals surface area contributed by atoms with E-state index in [0.29, 0.717) is 45.8 Å². The van der Waals surface area contributed by atoms with Crippen molar-refractivity contribution >= 4 is 54.8 Å². The molecule has 0 amide bonds. The Hall–Kier alpha value is -9.14. The summed E-state index contributed by atoms with van der Waals surface area (Å²) < 4.78 is 8.82. The maximum absolute atomic E-state index is 6.51. The molecule has 0 radical (unpaired) electrons. The molecule has 0 N–H and O–H groups in total. The minimum Gasteiger partial charge on any atom is -0.434 e. The third-order valence-corrected chi connectivity index (χ3v) is 12.3. The number of rotatable bonds is 7. The van der Waals surface area contributed by atoms with Gasteiger partial charge in [0.25, 0.3) is 0 Å². The van der Waals surface area contributed by atoms with Crippen LogP contribution in [-0.4, -0.2) is 34.5 Å². The Balaban J connectivity index is 0.938. The number of hydrogen-bond donors (Lipinski definition) is 0. The van der Waals surface area contributed by atoms with Crippen molar-refractivity contribution in [3.8, 4) is 73.6 Å². The van der Waals surface area contributed by atoms with Crippen molar-refractivity contribution in [3.63, 3.8) is 0 Å². The summed E-state index contributed by atoms with van der Waals surface area (Å²) in [6.07, 6.45) is 1.85. The van der Waals surface area contributed by atoms with Crippen LogP contribution in [0.25, 0.3) is 128 Å². The van der Waals surface area contributed by atoms with Gasteiger partial charge in [0, 0.05) is 56.0 Å². The molecule has 0 saturated heterocycles. The van der Waals surface area contributed by atoms with Gasteiger partial charge in [0.15, 0.2) is 28.9 Å². The molecule has 8 aromatic carbocycles. The molecular formula is C58H35N7O. The van der Waals surface area contributed by atoms with Crippen molar-refractivity contribution < 1.29 is 4.42 Å². The molecule has 13 aromatic rings. The molecule has 5 heterocycles. The summed E-state index contributed by atoms with van der Waals surface area (Å²) in [6, 6.07) is 70.7. The van der Waals surface area contributed by atoms with Crippen molar-refractivity contribution in [1.29, 1.82) is 0 Å². The van der Waals surface area contributed by atoms with E-state index in [1.807, 2.05) is 91.1 Å². The van der Waals surface area contributed by atoms with E-state index >= 15 is 0 Å². The SMILES string of the molecule is c1ccc(-c2cnc3oc4c(-c5ccc6ccccc6c5)nc(-c5ccc(-c6nc(-c7ccccc7)nc(-c7cccc(-n8c9ccccc9c9ccccc98)c7)n6)cc5)nc4c3c2)cc1. The van der Waals surface area contributed by atoms with E-state index in [4.69, 9.17) is 34.3 Å². The molecule has 0 aliphatic heterocycles. The molecule has 0 fully saturated rings. The first kappa shape index (κ1) is 37.4. The topological polar surface area (TPSA) is 95.4 Å². The van der Waals surface area contributed by atoms with Gasteiger partial charge in [-0.1, -0.05) is 170 Å². The normalized spacial score (nSPS) is 11.6. The number of pyridine rings is 1. The fraction of sp³-hybridized carbons (Fsp3) is 0. The van der Waals surface area contributed by atoms with E-state index in [2.05, 4.69) is 126 Å². The summed E-state index contributed by atoms with van der Waals surface area (Å²) in [4.78, 5) is 30.5. The van der Waals surface area contributed by atoms with Gasteiger partial charge in [0.1, 0.15) is 11.2 Å². The third kappa shape index (κ3) is 6.39. The first-order chi connectivity index (χ1) is 32.7. The minimum absolute atomic E-state index is 0.508. The highest BCUT2D eigenvalue weighted by Crippen LogP contribution is 2.38. The Morgan fingerprint density at radius 3 is 1.59 bits per heavy atom. The summed E-state index contributed by atoms with van der Waals surface area (Å²) in [5.41, 5.74) is 12.2. The number of benzene rings is 8. The number of furan rings is 1. The van der Waals surface area contributed by atoms with Crippen LogP contribution < -0.4 is 0 Å². The highest BCUT2D eigenvalue weighted by atomic mass is 16.3. The summed E-state index contributed by atoms with van der Waals surface area (Å²) in [6.45, 7) is 0. The highest BCUT2D eigenvalue weighted by Gasteiger charge is 2.21. The van der Waals surface area contributed by atoms with Gasteiger partial charge in [-0.3, -0.25) is 0 Å². The zero-order valence-corrected chi connectivity index (χ0v) is 35.2. The molecular weight excluding hydrogens is 811 g/mol. The summed E-state index contributed by atoms with van der Waals surface area (Å²) >= 11 is 0. The molecule has 0 bridgehead atoms. The Labute approximate surface area is 378 Å². The molecule has 0 aliphatic rings. The predicted octanol–water partition coefficient (Wildman–Crippen LogP) is 14.2. The summed E-state index contributed by atoms with van der Waals surface area (Å²) in [5, 5.41) is 5.49. The monoisotopic (exact) mass is 845 g/mol. The number of hydrogen-bond acceptors (Lipinski definition) is 7. The second-order valence-corrected chi connectivity index (χ2v) is 16.3. The fourth-order valence-corrected chi connectivity index (χ4v) is 9.08. The average Bonchev–Trinajstić information content (AvgIpc) is 3.94. The van der Waals surface area contributed by atoms with Crippen LogP contribution in [0.4, 0.5) is 0 Å². The third-order valence-electron chi connectivity index (χ3n) is 12.3. The maximum Gasteiger partial charge on any atom is 0.229 e. The predicted molar refractivity (Wildman–Crippen MR) is 265 cm³/mol. The molecule has 8 nitrogen and oxygen atoms in total. The van der Waals surface area contributed by atoms with E-state index < -0.39 is 0 Å². The Morgan fingerprint density at radius 2 is 0.894 bits per heavy atom. The van der Waals surface area contributed by atoms with Gasteiger partial charge in [-0.25, -0.2) is 29.9 Å². The number of aromatic nitrogens is 7. The summed E-state index contributed by atoms with van der Waals surface area (Å²) in [5.74, 6) is 2.29. The highest BCUT2D eigenvalue weighted by molar-refractivity contribution is 6.10. The van der Waals surface area contributed by atoms with Crippen LogP contribution in [0.3, 0.4) is 0 Å². The lowest BCUT2D eigenvalue weighted by molar-refractivity contribution is 0.653. The van der Waals surface area contributed by atoms with E-state index in [9.17, 15) is 0 Å². The molecule has 0 unspecified atom stereocenters. The van der Waals surface area contributed by atoms with Crippen molar-refractivity contribution in [3.05, 3.63) is 212 Å². The largest absolute Gasteiger partial charge is 0.434 e. The van der Waals surface area contributed by atoms with Crippen molar-refractivity contribution in [2.24, 2.45) is 0 Å². The maximum atomic E-state index is 6.51. The molecule has 0 aliphatic carbocycles. The molecule has 0 atom stereocenters. The first-order valence-electron chi connectivity index (χ1n) is 21.8. The van der Waals surface area contributed by atoms with E-state index in [1.54, 1.807) is 0 Å². The molecule has 5 aromatic heterocycles. The van der Waals surface area contributed by atoms with Crippen molar-refractivity contribution in [2.75, 3.05) is 0 Å². The van der Waals surface area contributed by atoms with Gasteiger partial charge >= 0.3 is 0 Å². The molecule has 308 valence electrons. The van der Waals surface area contributed by atoms with Crippen LogP contribution in [0.5, 0.6) is 0 Å². The van der Waals surface area contributed by atoms with Crippen LogP contribution in [-0.2, 0) is 0 Å². The lowest BCUT2D eigenvalue weighted by Crippen LogP contribution is -2.01. The quantitative estimate of drug-likeness (QED) is 0.158. The molecule has 66 heavy (non-hydrogen) atoms. The van der Waals surface area contributed by atoms with Gasteiger partial charge in [-0.05, 0) is 52.7 Å². The van der Waals surface area contributed by atoms with E-state index in [1.165, 1.54) is 10.8 Å². The van der Waals surface area contributed by atoms with Gasteiger partial charge in [-0.2, -0.15) is 0 Å². The van der Waals surface area contributed by atoms with Crippen LogP contribution in [0.1, 0.15) is 0 Å². The average molecular weight is 846 g/mol. The van der Waals surface area contributed by atoms with E-state index in [-0.39, 0.29) is 0 Å². The first-order valence-corrected chi connectivity index (χ1v) is 21.8. The standard InChI is InChI=1S/C58H35N7O/c1-3-14-36(15-4-1)44-34-48-52-53(66-58(48)59-35-44)51(42-31-26-37-16-7-8-19-41(37)32-42)60-54(61-52)39-27-29-40(30-28-39)56-62-55(38-17-5-2-6-18-38)63-57(64-56)43-20-13-21-45(33-43)65-49-24-11-9-22-46(49)47-23-10-12-25-50(47)65/h1-35H. The molecule has 0 spiro atoms. The number of fused-ring (bicyclic) bond motifs is 7. The zero-order valence-electron chi connectivity index (χ0n) is 35.2. The summed E-state index contributed by atoms with van der Waals surface area (Å²) in [7, 11) is 0. The van der Waals surface area contributed by atoms with Crippen LogP contribution >= 0.6 is 0 Å². The Bertz CT molecular complexity index is 3940. The van der Waals surface area contributed by atoms with E-state index in [0.717, 1.165) is 71.8 Å².